The van der Waals surface area contributed by atoms with Crippen LogP contribution in [0.25, 0.3) is 5.69 Å². The molecule has 0 saturated heterocycles. The molecule has 0 aliphatic carbocycles. The van der Waals surface area contributed by atoms with E-state index < -0.39 is 17.6 Å². The van der Waals surface area contributed by atoms with Gasteiger partial charge in [-0.1, -0.05) is 18.2 Å². The van der Waals surface area contributed by atoms with Gasteiger partial charge in [0.2, 0.25) is 0 Å². The number of nitrogens with zero attached hydrogens (tertiary/aromatic N) is 4. The number of alkyl halides is 3. The normalized spacial score (nSPS) is 11.2. The lowest BCUT2D eigenvalue weighted by Crippen LogP contribution is -2.27. The first-order valence-corrected chi connectivity index (χ1v) is 10.5. The number of anilines is 1. The number of amides is 2. The van der Waals surface area contributed by atoms with Crippen LogP contribution in [0.3, 0.4) is 0 Å². The molecule has 0 atom stereocenters. The van der Waals surface area contributed by atoms with Gasteiger partial charge >= 0.3 is 6.18 Å². The first kappa shape index (κ1) is 23.7. The van der Waals surface area contributed by atoms with Gasteiger partial charge in [-0.2, -0.15) is 18.3 Å². The van der Waals surface area contributed by atoms with Gasteiger partial charge in [-0.05, 0) is 48.0 Å². The zero-order chi connectivity index (χ0) is 25.0. The Morgan fingerprint density at radius 1 is 0.971 bits per heavy atom. The van der Waals surface area contributed by atoms with E-state index >= 15 is 0 Å². The molecule has 0 fully saturated rings. The SMILES string of the molecule is CN(Cc1ccccc1C(F)(F)F)C(=O)c1ccc(-n2cc(NC(=O)c3cccnc3)cn2)cc1. The van der Waals surface area contributed by atoms with Gasteiger partial charge in [0.05, 0.1) is 34.9 Å². The number of halogens is 3. The van der Waals surface area contributed by atoms with Gasteiger partial charge in [-0.15, -0.1) is 0 Å². The third-order valence-electron chi connectivity index (χ3n) is 5.22. The average Bonchev–Trinajstić information content (AvgIpc) is 3.32. The second kappa shape index (κ2) is 9.80. The van der Waals surface area contributed by atoms with Crippen molar-refractivity contribution in [2.24, 2.45) is 0 Å². The van der Waals surface area contributed by atoms with Crippen LogP contribution < -0.4 is 5.32 Å². The van der Waals surface area contributed by atoms with Crippen molar-refractivity contribution in [2.75, 3.05) is 12.4 Å². The van der Waals surface area contributed by atoms with Crippen molar-refractivity contribution in [3.63, 3.8) is 0 Å². The number of carbonyl (C=O) groups is 2. The summed E-state index contributed by atoms with van der Waals surface area (Å²) < 4.78 is 41.3. The van der Waals surface area contributed by atoms with Crippen molar-refractivity contribution in [3.05, 3.63) is 108 Å². The molecule has 0 radical (unpaired) electrons. The van der Waals surface area contributed by atoms with Crippen LogP contribution in [-0.4, -0.2) is 38.5 Å². The highest BCUT2D eigenvalue weighted by atomic mass is 19.4. The molecule has 0 aliphatic heterocycles. The molecule has 2 aromatic heterocycles. The van der Waals surface area contributed by atoms with Gasteiger partial charge < -0.3 is 10.2 Å². The van der Waals surface area contributed by atoms with E-state index in [4.69, 9.17) is 0 Å². The molecule has 4 rings (SSSR count). The Morgan fingerprint density at radius 3 is 2.40 bits per heavy atom. The van der Waals surface area contributed by atoms with Crippen molar-refractivity contribution in [3.8, 4) is 5.69 Å². The summed E-state index contributed by atoms with van der Waals surface area (Å²) in [7, 11) is 1.45. The highest BCUT2D eigenvalue weighted by Crippen LogP contribution is 2.32. The van der Waals surface area contributed by atoms with E-state index in [2.05, 4.69) is 15.4 Å². The number of benzene rings is 2. The zero-order valence-corrected chi connectivity index (χ0v) is 18.5. The second-order valence-corrected chi connectivity index (χ2v) is 7.73. The molecule has 2 aromatic carbocycles. The van der Waals surface area contributed by atoms with E-state index in [-0.39, 0.29) is 18.0 Å². The number of hydrogen-bond donors (Lipinski definition) is 1. The van der Waals surface area contributed by atoms with Gasteiger partial charge in [-0.25, -0.2) is 4.68 Å². The summed E-state index contributed by atoms with van der Waals surface area (Å²) in [5.41, 5.74) is 1.09. The third kappa shape index (κ3) is 5.55. The Hall–Kier alpha value is -4.47. The zero-order valence-electron chi connectivity index (χ0n) is 18.5. The predicted octanol–water partition coefficient (Wildman–Crippen LogP) is 4.81. The molecule has 2 amide bonds. The Labute approximate surface area is 198 Å². The summed E-state index contributed by atoms with van der Waals surface area (Å²) in [4.78, 5) is 30.2. The van der Waals surface area contributed by atoms with Crippen LogP contribution in [0.15, 0.2) is 85.5 Å². The maximum absolute atomic E-state index is 13.2. The lowest BCUT2D eigenvalue weighted by atomic mass is 10.1. The Balaban J connectivity index is 1.43. The highest BCUT2D eigenvalue weighted by Gasteiger charge is 2.33. The van der Waals surface area contributed by atoms with E-state index in [1.54, 1.807) is 48.8 Å². The van der Waals surface area contributed by atoms with Crippen LogP contribution in [0.5, 0.6) is 0 Å². The number of hydrogen-bond acceptors (Lipinski definition) is 4. The molecule has 10 heteroatoms. The van der Waals surface area contributed by atoms with Crippen LogP contribution in [0, 0.1) is 0 Å². The summed E-state index contributed by atoms with van der Waals surface area (Å²) >= 11 is 0. The Bertz CT molecular complexity index is 1340. The van der Waals surface area contributed by atoms with Gasteiger partial charge in [0.25, 0.3) is 11.8 Å². The summed E-state index contributed by atoms with van der Waals surface area (Å²) in [5.74, 6) is -0.743. The minimum Gasteiger partial charge on any atom is -0.337 e. The number of aromatic nitrogens is 3. The molecule has 0 aliphatic rings. The number of pyridine rings is 1. The lowest BCUT2D eigenvalue weighted by molar-refractivity contribution is -0.138. The van der Waals surface area contributed by atoms with E-state index in [0.29, 0.717) is 22.5 Å². The van der Waals surface area contributed by atoms with Gasteiger partial charge in [0, 0.05) is 31.5 Å². The van der Waals surface area contributed by atoms with E-state index in [9.17, 15) is 22.8 Å². The molecule has 0 bridgehead atoms. The van der Waals surface area contributed by atoms with Gasteiger partial charge in [-0.3, -0.25) is 14.6 Å². The quantitative estimate of drug-likeness (QED) is 0.431. The molecule has 35 heavy (non-hydrogen) atoms. The minimum atomic E-state index is -4.50. The van der Waals surface area contributed by atoms with Gasteiger partial charge in [0.1, 0.15) is 0 Å². The van der Waals surface area contributed by atoms with E-state index in [0.717, 1.165) is 6.07 Å². The van der Waals surface area contributed by atoms with Crippen molar-refractivity contribution in [1.82, 2.24) is 19.7 Å². The Kier molecular flexibility index (Phi) is 6.63. The monoisotopic (exact) mass is 479 g/mol. The topological polar surface area (TPSA) is 80.1 Å². The fourth-order valence-electron chi connectivity index (χ4n) is 3.47. The molecular weight excluding hydrogens is 459 g/mol. The molecule has 1 N–H and O–H groups in total. The molecule has 2 heterocycles. The Morgan fingerprint density at radius 2 is 1.71 bits per heavy atom. The summed E-state index contributed by atoms with van der Waals surface area (Å²) in [6, 6.07) is 14.9. The van der Waals surface area contributed by atoms with Gasteiger partial charge in [0.15, 0.2) is 0 Å². The summed E-state index contributed by atoms with van der Waals surface area (Å²) in [6.45, 7) is -0.185. The molecule has 0 saturated carbocycles. The fourth-order valence-corrected chi connectivity index (χ4v) is 3.47. The summed E-state index contributed by atoms with van der Waals surface area (Å²) in [5, 5.41) is 6.94. The number of rotatable bonds is 6. The maximum atomic E-state index is 13.2. The lowest BCUT2D eigenvalue weighted by Gasteiger charge is -2.20. The molecular formula is C25H20F3N5O2. The van der Waals surface area contributed by atoms with Crippen LogP contribution in [-0.2, 0) is 12.7 Å². The van der Waals surface area contributed by atoms with E-state index in [1.165, 1.54) is 47.2 Å². The first-order valence-electron chi connectivity index (χ1n) is 10.5. The molecule has 4 aromatic rings. The van der Waals surface area contributed by atoms with E-state index in [1.807, 2.05) is 0 Å². The van der Waals surface area contributed by atoms with Crippen LogP contribution >= 0.6 is 0 Å². The maximum Gasteiger partial charge on any atom is 0.416 e. The van der Waals surface area contributed by atoms with Crippen LogP contribution in [0.4, 0.5) is 18.9 Å². The smallest absolute Gasteiger partial charge is 0.337 e. The highest BCUT2D eigenvalue weighted by molar-refractivity contribution is 6.03. The second-order valence-electron chi connectivity index (χ2n) is 7.73. The first-order chi connectivity index (χ1) is 16.7. The summed E-state index contributed by atoms with van der Waals surface area (Å²) in [6.07, 6.45) is 1.63. The predicted molar refractivity (Wildman–Crippen MR) is 123 cm³/mol. The third-order valence-corrected chi connectivity index (χ3v) is 5.22. The molecule has 7 nitrogen and oxygen atoms in total. The van der Waals surface area contributed by atoms with Crippen LogP contribution in [0.2, 0.25) is 0 Å². The minimum absolute atomic E-state index is 0.0184. The largest absolute Gasteiger partial charge is 0.416 e. The average molecular weight is 479 g/mol. The van der Waals surface area contributed by atoms with Crippen molar-refractivity contribution in [1.29, 1.82) is 0 Å². The van der Waals surface area contributed by atoms with Crippen molar-refractivity contribution in [2.45, 2.75) is 12.7 Å². The standard InChI is InChI=1S/C25H20F3N5O2/c1-32(15-19-5-2-3-7-22(19)25(26,27)28)24(35)17-8-10-21(11-9-17)33-16-20(14-30-33)31-23(34)18-6-4-12-29-13-18/h2-14,16H,15H2,1H3,(H,31,34). The van der Waals surface area contributed by atoms with Crippen LogP contribution in [0.1, 0.15) is 31.8 Å². The number of nitrogens with one attached hydrogen (secondary N) is 1. The molecule has 178 valence electrons. The van der Waals surface area contributed by atoms with Crippen molar-refractivity contribution >= 4 is 17.5 Å². The molecule has 0 unspecified atom stereocenters. The molecule has 0 spiro atoms. The van der Waals surface area contributed by atoms with Crippen molar-refractivity contribution < 1.29 is 22.8 Å². The number of carbonyl (C=O) groups excluding carboxylic acids is 2. The fraction of sp³-hybridized carbons (Fsp3) is 0.120.